The van der Waals surface area contributed by atoms with E-state index in [0.29, 0.717) is 0 Å². The number of anilines is 2. The van der Waals surface area contributed by atoms with E-state index in [1.165, 1.54) is 22.2 Å². The second kappa shape index (κ2) is 6.75. The summed E-state index contributed by atoms with van der Waals surface area (Å²) in [5.74, 6) is 0.969. The lowest BCUT2D eigenvalue weighted by molar-refractivity contribution is 1.08. The third-order valence-electron chi connectivity index (χ3n) is 4.06. The molecule has 0 bridgehead atoms. The van der Waals surface area contributed by atoms with Gasteiger partial charge < -0.3 is 9.80 Å². The van der Waals surface area contributed by atoms with Crippen LogP contribution in [0.2, 0.25) is 0 Å². The smallest absolute Gasteiger partial charge is 0.129 e. The largest absolute Gasteiger partial charge is 0.378 e. The molecule has 3 aromatic rings. The SMILES string of the molecule is CN(C)c1ccc(/C=C/c2cc(N(C)C)nc3ccccc23)cc1. The summed E-state index contributed by atoms with van der Waals surface area (Å²) in [6.45, 7) is 0. The van der Waals surface area contributed by atoms with Gasteiger partial charge in [0.15, 0.2) is 0 Å². The molecular formula is C21H23N3. The fourth-order valence-electron chi connectivity index (χ4n) is 2.62. The molecule has 3 rings (SSSR count). The van der Waals surface area contributed by atoms with E-state index in [9.17, 15) is 0 Å². The van der Waals surface area contributed by atoms with E-state index < -0.39 is 0 Å². The fraction of sp³-hybridized carbons (Fsp3) is 0.190. The second-order valence-corrected chi connectivity index (χ2v) is 6.30. The van der Waals surface area contributed by atoms with Crippen molar-refractivity contribution < 1.29 is 0 Å². The number of hydrogen-bond donors (Lipinski definition) is 0. The first-order chi connectivity index (χ1) is 11.5. The minimum absolute atomic E-state index is 0.969. The standard InChI is InChI=1S/C21H23N3/c1-23(2)18-13-10-16(11-14-18)9-12-17-15-21(24(3)4)22-20-8-6-5-7-19(17)20/h5-15H,1-4H3/b12-9+. The topological polar surface area (TPSA) is 19.4 Å². The Hall–Kier alpha value is -2.81. The van der Waals surface area contributed by atoms with Crippen molar-refractivity contribution in [2.45, 2.75) is 0 Å². The quantitative estimate of drug-likeness (QED) is 0.704. The number of aromatic nitrogens is 1. The zero-order valence-electron chi connectivity index (χ0n) is 14.7. The highest BCUT2D eigenvalue weighted by atomic mass is 15.1. The Balaban J connectivity index is 1.99. The second-order valence-electron chi connectivity index (χ2n) is 6.30. The zero-order valence-corrected chi connectivity index (χ0v) is 14.7. The Labute approximate surface area is 143 Å². The monoisotopic (exact) mass is 317 g/mol. The molecule has 0 saturated heterocycles. The summed E-state index contributed by atoms with van der Waals surface area (Å²) in [5.41, 5.74) is 4.59. The number of fused-ring (bicyclic) bond motifs is 1. The Morgan fingerprint density at radius 3 is 2.17 bits per heavy atom. The summed E-state index contributed by atoms with van der Waals surface area (Å²) in [4.78, 5) is 8.85. The van der Waals surface area contributed by atoms with E-state index in [4.69, 9.17) is 4.98 Å². The molecule has 0 fully saturated rings. The van der Waals surface area contributed by atoms with Crippen molar-refractivity contribution >= 4 is 34.6 Å². The molecule has 0 N–H and O–H groups in total. The molecule has 24 heavy (non-hydrogen) atoms. The van der Waals surface area contributed by atoms with Crippen LogP contribution in [-0.2, 0) is 0 Å². The van der Waals surface area contributed by atoms with Crippen molar-refractivity contribution in [3.05, 3.63) is 65.7 Å². The average Bonchev–Trinajstić information content (AvgIpc) is 2.59. The summed E-state index contributed by atoms with van der Waals surface area (Å²) < 4.78 is 0. The first-order valence-electron chi connectivity index (χ1n) is 8.07. The summed E-state index contributed by atoms with van der Waals surface area (Å²) in [6.07, 6.45) is 4.32. The van der Waals surface area contributed by atoms with Crippen LogP contribution in [0.1, 0.15) is 11.1 Å². The molecule has 3 nitrogen and oxygen atoms in total. The van der Waals surface area contributed by atoms with Crippen LogP contribution in [0.25, 0.3) is 23.1 Å². The van der Waals surface area contributed by atoms with Crippen LogP contribution in [0.3, 0.4) is 0 Å². The molecule has 0 unspecified atom stereocenters. The van der Waals surface area contributed by atoms with Crippen molar-refractivity contribution in [2.75, 3.05) is 38.0 Å². The minimum atomic E-state index is 0.969. The number of nitrogens with zero attached hydrogens (tertiary/aromatic N) is 3. The maximum Gasteiger partial charge on any atom is 0.129 e. The van der Waals surface area contributed by atoms with Gasteiger partial charge in [-0.25, -0.2) is 4.98 Å². The third kappa shape index (κ3) is 3.40. The van der Waals surface area contributed by atoms with Gasteiger partial charge in [0, 0.05) is 39.3 Å². The van der Waals surface area contributed by atoms with Crippen molar-refractivity contribution in [1.82, 2.24) is 4.98 Å². The molecule has 2 aromatic carbocycles. The molecule has 0 atom stereocenters. The Kier molecular flexibility index (Phi) is 4.52. The van der Waals surface area contributed by atoms with E-state index in [1.54, 1.807) is 0 Å². The molecule has 3 heteroatoms. The lowest BCUT2D eigenvalue weighted by Crippen LogP contribution is -2.10. The fourth-order valence-corrected chi connectivity index (χ4v) is 2.62. The van der Waals surface area contributed by atoms with Crippen LogP contribution in [0.5, 0.6) is 0 Å². The predicted octanol–water partition coefficient (Wildman–Crippen LogP) is 4.54. The van der Waals surface area contributed by atoms with Crippen LogP contribution >= 0.6 is 0 Å². The third-order valence-corrected chi connectivity index (χ3v) is 4.06. The molecule has 1 heterocycles. The van der Waals surface area contributed by atoms with Gasteiger partial charge in [0.25, 0.3) is 0 Å². The van der Waals surface area contributed by atoms with Crippen molar-refractivity contribution in [3.8, 4) is 0 Å². The maximum atomic E-state index is 4.71. The number of pyridine rings is 1. The molecule has 0 saturated carbocycles. The first-order valence-corrected chi connectivity index (χ1v) is 8.07. The molecule has 1 aromatic heterocycles. The van der Waals surface area contributed by atoms with Crippen molar-refractivity contribution in [2.24, 2.45) is 0 Å². The van der Waals surface area contributed by atoms with Gasteiger partial charge in [-0.1, -0.05) is 42.5 Å². The van der Waals surface area contributed by atoms with E-state index >= 15 is 0 Å². The Bertz CT molecular complexity index is 862. The summed E-state index contributed by atoms with van der Waals surface area (Å²) in [5, 5.41) is 1.17. The van der Waals surface area contributed by atoms with Gasteiger partial charge in [-0.15, -0.1) is 0 Å². The molecule has 0 aliphatic rings. The highest BCUT2D eigenvalue weighted by molar-refractivity contribution is 5.92. The molecule has 0 aliphatic carbocycles. The number of para-hydroxylation sites is 1. The molecule has 0 amide bonds. The van der Waals surface area contributed by atoms with Crippen LogP contribution in [0.15, 0.2) is 54.6 Å². The van der Waals surface area contributed by atoms with E-state index in [0.717, 1.165) is 11.3 Å². The van der Waals surface area contributed by atoms with Gasteiger partial charge >= 0.3 is 0 Å². The van der Waals surface area contributed by atoms with Crippen LogP contribution in [0.4, 0.5) is 11.5 Å². The predicted molar refractivity (Wildman–Crippen MR) is 106 cm³/mol. The number of hydrogen-bond acceptors (Lipinski definition) is 3. The summed E-state index contributed by atoms with van der Waals surface area (Å²) in [6, 6.07) is 19.0. The van der Waals surface area contributed by atoms with Crippen molar-refractivity contribution in [3.63, 3.8) is 0 Å². The number of rotatable bonds is 4. The molecular weight excluding hydrogens is 294 g/mol. The highest BCUT2D eigenvalue weighted by Gasteiger charge is 2.05. The molecule has 0 spiro atoms. The molecule has 122 valence electrons. The minimum Gasteiger partial charge on any atom is -0.378 e. The van der Waals surface area contributed by atoms with Gasteiger partial charge in [-0.05, 0) is 35.4 Å². The maximum absolute atomic E-state index is 4.71. The lowest BCUT2D eigenvalue weighted by Gasteiger charge is -2.14. The average molecular weight is 317 g/mol. The normalized spacial score (nSPS) is 11.2. The van der Waals surface area contributed by atoms with Crippen LogP contribution < -0.4 is 9.80 Å². The van der Waals surface area contributed by atoms with E-state index in [-0.39, 0.29) is 0 Å². The van der Waals surface area contributed by atoms with Gasteiger partial charge in [0.1, 0.15) is 5.82 Å². The van der Waals surface area contributed by atoms with E-state index in [1.807, 2.05) is 25.1 Å². The molecule has 0 radical (unpaired) electrons. The zero-order chi connectivity index (χ0) is 17.1. The van der Waals surface area contributed by atoms with Gasteiger partial charge in [0.05, 0.1) is 5.52 Å². The van der Waals surface area contributed by atoms with Crippen LogP contribution in [-0.4, -0.2) is 33.2 Å². The first kappa shape index (κ1) is 16.1. The highest BCUT2D eigenvalue weighted by Crippen LogP contribution is 2.24. The number of benzene rings is 2. The molecule has 0 aliphatic heterocycles. The lowest BCUT2D eigenvalue weighted by atomic mass is 10.1. The van der Waals surface area contributed by atoms with E-state index in [2.05, 4.69) is 79.7 Å². The summed E-state index contributed by atoms with van der Waals surface area (Å²) in [7, 11) is 8.14. The van der Waals surface area contributed by atoms with Gasteiger partial charge in [-0.3, -0.25) is 0 Å². The van der Waals surface area contributed by atoms with Gasteiger partial charge in [0.2, 0.25) is 0 Å². The van der Waals surface area contributed by atoms with Gasteiger partial charge in [-0.2, -0.15) is 0 Å². The van der Waals surface area contributed by atoms with Crippen molar-refractivity contribution in [1.29, 1.82) is 0 Å². The Morgan fingerprint density at radius 1 is 0.792 bits per heavy atom. The van der Waals surface area contributed by atoms with Crippen LogP contribution in [0, 0.1) is 0 Å². The Morgan fingerprint density at radius 2 is 1.50 bits per heavy atom. The summed E-state index contributed by atoms with van der Waals surface area (Å²) >= 11 is 0.